The van der Waals surface area contributed by atoms with E-state index in [4.69, 9.17) is 9.15 Å². The lowest BCUT2D eigenvalue weighted by Gasteiger charge is -2.33. The summed E-state index contributed by atoms with van der Waals surface area (Å²) in [5, 5.41) is 3.06. The molecule has 0 atom stereocenters. The van der Waals surface area contributed by atoms with E-state index in [2.05, 4.69) is 35.8 Å². The highest BCUT2D eigenvalue weighted by molar-refractivity contribution is 9.10. The fraction of sp³-hybridized carbons (Fsp3) is 0.278. The highest BCUT2D eigenvalue weighted by Crippen LogP contribution is 2.43. The first-order chi connectivity index (χ1) is 10.5. The molecule has 0 saturated carbocycles. The van der Waals surface area contributed by atoms with Crippen molar-refractivity contribution < 1.29 is 9.15 Å². The topological polar surface area (TPSA) is 39.4 Å². The van der Waals surface area contributed by atoms with Crippen LogP contribution in [0.1, 0.15) is 25.8 Å². The molecule has 0 unspecified atom stereocenters. The van der Waals surface area contributed by atoms with Crippen LogP contribution in [0, 0.1) is 0 Å². The van der Waals surface area contributed by atoms with E-state index in [0.717, 1.165) is 40.3 Å². The first kappa shape index (κ1) is 13.8. The van der Waals surface area contributed by atoms with Crippen molar-refractivity contribution in [3.8, 4) is 5.75 Å². The summed E-state index contributed by atoms with van der Waals surface area (Å²) in [5.41, 5.74) is 1.09. The Morgan fingerprint density at radius 3 is 2.64 bits per heavy atom. The molecule has 2 aromatic carbocycles. The predicted molar refractivity (Wildman–Crippen MR) is 90.7 cm³/mol. The molecular weight excluding hydrogens is 344 g/mol. The molecule has 0 fully saturated rings. The standard InChI is InChI=1S/C18H15BrO3/c1-18(2)8-7-12-15-13(9-14(19)17(20)21-15)10-5-3-4-6-11(10)16(12)22-18/h3-6,9H,7-8H2,1-2H3. The van der Waals surface area contributed by atoms with Crippen LogP contribution in [0.15, 0.2) is 44.0 Å². The van der Waals surface area contributed by atoms with Crippen molar-refractivity contribution in [2.75, 3.05) is 0 Å². The van der Waals surface area contributed by atoms with Gasteiger partial charge in [-0.05, 0) is 54.1 Å². The van der Waals surface area contributed by atoms with Gasteiger partial charge in [-0.25, -0.2) is 4.79 Å². The van der Waals surface area contributed by atoms with E-state index in [1.807, 2.05) is 24.3 Å². The van der Waals surface area contributed by atoms with Gasteiger partial charge in [0, 0.05) is 16.3 Å². The minimum atomic E-state index is -0.352. The molecule has 0 amide bonds. The zero-order valence-electron chi connectivity index (χ0n) is 12.4. The van der Waals surface area contributed by atoms with Gasteiger partial charge < -0.3 is 9.15 Å². The van der Waals surface area contributed by atoms with Crippen molar-refractivity contribution in [1.82, 2.24) is 0 Å². The van der Waals surface area contributed by atoms with Gasteiger partial charge in [-0.15, -0.1) is 0 Å². The molecule has 4 heteroatoms. The van der Waals surface area contributed by atoms with E-state index in [9.17, 15) is 4.79 Å². The van der Waals surface area contributed by atoms with E-state index in [1.54, 1.807) is 0 Å². The molecule has 0 bridgehead atoms. The van der Waals surface area contributed by atoms with Crippen LogP contribution in [0.3, 0.4) is 0 Å². The van der Waals surface area contributed by atoms with Crippen molar-refractivity contribution in [3.63, 3.8) is 0 Å². The predicted octanol–water partition coefficient (Wildman–Crippen LogP) is 4.81. The minimum Gasteiger partial charge on any atom is -0.487 e. The average Bonchev–Trinajstić information content (AvgIpc) is 2.48. The summed E-state index contributed by atoms with van der Waals surface area (Å²) in [5.74, 6) is 0.852. The van der Waals surface area contributed by atoms with Gasteiger partial charge in [-0.3, -0.25) is 0 Å². The molecule has 1 aliphatic rings. The Morgan fingerprint density at radius 1 is 1.14 bits per heavy atom. The highest BCUT2D eigenvalue weighted by Gasteiger charge is 2.30. The second kappa shape index (κ2) is 4.59. The Kier molecular flexibility index (Phi) is 2.89. The van der Waals surface area contributed by atoms with Gasteiger partial charge in [-0.1, -0.05) is 24.3 Å². The Labute approximate surface area is 136 Å². The van der Waals surface area contributed by atoms with Gasteiger partial charge in [0.05, 0.1) is 0 Å². The van der Waals surface area contributed by atoms with Crippen molar-refractivity contribution in [2.45, 2.75) is 32.3 Å². The molecule has 3 nitrogen and oxygen atoms in total. The fourth-order valence-electron chi connectivity index (χ4n) is 3.15. The van der Waals surface area contributed by atoms with E-state index in [-0.39, 0.29) is 11.2 Å². The number of halogens is 1. The van der Waals surface area contributed by atoms with Crippen LogP contribution in [-0.2, 0) is 6.42 Å². The summed E-state index contributed by atoms with van der Waals surface area (Å²) >= 11 is 3.28. The Balaban J connectivity index is 2.22. The van der Waals surface area contributed by atoms with E-state index in [0.29, 0.717) is 10.1 Å². The summed E-state index contributed by atoms with van der Waals surface area (Å²) in [7, 11) is 0. The SMILES string of the molecule is CC1(C)CCc2c(c3ccccc3c3cc(Br)c(=O)oc23)O1. The third-order valence-corrected chi connectivity index (χ3v) is 4.82. The summed E-state index contributed by atoms with van der Waals surface area (Å²) in [6.07, 6.45) is 1.74. The molecule has 22 heavy (non-hydrogen) atoms. The molecule has 112 valence electrons. The van der Waals surface area contributed by atoms with Gasteiger partial charge in [0.2, 0.25) is 0 Å². The van der Waals surface area contributed by atoms with Crippen LogP contribution >= 0.6 is 15.9 Å². The number of aryl methyl sites for hydroxylation is 1. The van der Waals surface area contributed by atoms with Crippen LogP contribution < -0.4 is 10.4 Å². The van der Waals surface area contributed by atoms with Crippen LogP contribution in [0.5, 0.6) is 5.75 Å². The largest absolute Gasteiger partial charge is 0.487 e. The van der Waals surface area contributed by atoms with Crippen molar-refractivity contribution >= 4 is 37.7 Å². The molecular formula is C18H15BrO3. The maximum atomic E-state index is 11.9. The zero-order chi connectivity index (χ0) is 15.5. The molecule has 0 N–H and O–H groups in total. The molecule has 0 spiro atoms. The summed E-state index contributed by atoms with van der Waals surface area (Å²) < 4.78 is 12.3. The molecule has 4 rings (SSSR count). The molecule has 3 aromatic rings. The maximum Gasteiger partial charge on any atom is 0.350 e. The smallest absolute Gasteiger partial charge is 0.350 e. The lowest BCUT2D eigenvalue weighted by atomic mass is 9.90. The molecule has 0 aliphatic carbocycles. The second-order valence-electron chi connectivity index (χ2n) is 6.34. The van der Waals surface area contributed by atoms with Crippen molar-refractivity contribution in [2.24, 2.45) is 0 Å². The van der Waals surface area contributed by atoms with Gasteiger partial charge >= 0.3 is 5.63 Å². The monoisotopic (exact) mass is 358 g/mol. The Bertz CT molecular complexity index is 969. The molecule has 1 aliphatic heterocycles. The van der Waals surface area contributed by atoms with E-state index >= 15 is 0 Å². The number of hydrogen-bond acceptors (Lipinski definition) is 3. The molecule has 0 saturated heterocycles. The summed E-state index contributed by atoms with van der Waals surface area (Å²) in [6.45, 7) is 4.18. The summed E-state index contributed by atoms with van der Waals surface area (Å²) in [6, 6.07) is 9.95. The van der Waals surface area contributed by atoms with Crippen molar-refractivity contribution in [1.29, 1.82) is 0 Å². The first-order valence-electron chi connectivity index (χ1n) is 7.32. The highest BCUT2D eigenvalue weighted by atomic mass is 79.9. The lowest BCUT2D eigenvalue weighted by Crippen LogP contribution is -2.32. The van der Waals surface area contributed by atoms with E-state index in [1.165, 1.54) is 0 Å². The van der Waals surface area contributed by atoms with Gasteiger partial charge in [0.15, 0.2) is 0 Å². The number of hydrogen-bond donors (Lipinski definition) is 0. The Hall–Kier alpha value is -1.81. The first-order valence-corrected chi connectivity index (χ1v) is 8.11. The van der Waals surface area contributed by atoms with Crippen LogP contribution in [0.2, 0.25) is 0 Å². The fourth-order valence-corrected chi connectivity index (χ4v) is 3.46. The lowest BCUT2D eigenvalue weighted by molar-refractivity contribution is 0.0870. The maximum absolute atomic E-state index is 11.9. The van der Waals surface area contributed by atoms with E-state index < -0.39 is 0 Å². The third-order valence-electron chi connectivity index (χ3n) is 4.27. The zero-order valence-corrected chi connectivity index (χ0v) is 14.0. The Morgan fingerprint density at radius 2 is 1.86 bits per heavy atom. The summed E-state index contributed by atoms with van der Waals surface area (Å²) in [4.78, 5) is 11.9. The number of ether oxygens (including phenoxy) is 1. The normalized spacial score (nSPS) is 16.5. The molecule has 1 aromatic heterocycles. The van der Waals surface area contributed by atoms with Gasteiger partial charge in [0.1, 0.15) is 21.4 Å². The molecule has 2 heterocycles. The number of rotatable bonds is 0. The van der Waals surface area contributed by atoms with Crippen LogP contribution in [0.25, 0.3) is 21.7 Å². The number of benzene rings is 2. The van der Waals surface area contributed by atoms with Crippen molar-refractivity contribution in [3.05, 3.63) is 50.8 Å². The quantitative estimate of drug-likeness (QED) is 0.427. The van der Waals surface area contributed by atoms with Gasteiger partial charge in [0.25, 0.3) is 0 Å². The second-order valence-corrected chi connectivity index (χ2v) is 7.19. The van der Waals surface area contributed by atoms with Gasteiger partial charge in [-0.2, -0.15) is 0 Å². The van der Waals surface area contributed by atoms with Crippen LogP contribution in [-0.4, -0.2) is 5.60 Å². The number of fused-ring (bicyclic) bond motifs is 6. The molecule has 0 radical (unpaired) electrons. The minimum absolute atomic E-state index is 0.209. The average molecular weight is 359 g/mol. The van der Waals surface area contributed by atoms with Crippen LogP contribution in [0.4, 0.5) is 0 Å². The third kappa shape index (κ3) is 1.97.